The maximum Gasteiger partial charge on any atom is 0.0515 e. The first kappa shape index (κ1) is 11.4. The Bertz CT molecular complexity index is 334. The Morgan fingerprint density at radius 2 is 2.31 bits per heavy atom. The van der Waals surface area contributed by atoms with Crippen LogP contribution >= 0.6 is 0 Å². The third-order valence-electron chi connectivity index (χ3n) is 3.27. The minimum Gasteiger partial charge on any atom is -0.381 e. The summed E-state index contributed by atoms with van der Waals surface area (Å²) >= 11 is 0. The molecular formula is C13H20N2O. The second-order valence-electron chi connectivity index (χ2n) is 4.43. The van der Waals surface area contributed by atoms with E-state index in [1.54, 1.807) is 0 Å². The predicted molar refractivity (Wildman–Crippen MR) is 66.6 cm³/mol. The zero-order valence-corrected chi connectivity index (χ0v) is 9.78. The molecule has 1 heterocycles. The van der Waals surface area contributed by atoms with Crippen molar-refractivity contribution in [3.8, 4) is 0 Å². The minimum absolute atomic E-state index is 0.323. The molecular weight excluding hydrogens is 200 g/mol. The number of nitrogens with two attached hydrogens (primary N) is 1. The Balaban J connectivity index is 2.03. The average Bonchev–Trinajstić information content (AvgIpc) is 2.81. The number of para-hydroxylation sites is 1. The van der Waals surface area contributed by atoms with Crippen LogP contribution in [-0.2, 0) is 4.74 Å². The molecule has 0 aromatic heterocycles. The smallest absolute Gasteiger partial charge is 0.0515 e. The lowest BCUT2D eigenvalue weighted by molar-refractivity contribution is 0.182. The van der Waals surface area contributed by atoms with Crippen molar-refractivity contribution in [2.24, 2.45) is 11.7 Å². The zero-order chi connectivity index (χ0) is 11.4. The van der Waals surface area contributed by atoms with Crippen LogP contribution in [0.3, 0.4) is 0 Å². The minimum atomic E-state index is 0.323. The van der Waals surface area contributed by atoms with Crippen LogP contribution in [-0.4, -0.2) is 25.8 Å². The standard InChI is InChI=1S/C13H20N2O/c1-10-4-2-3-5-12(10)15-13(8-14)11-6-7-16-9-11/h2-5,11,13,15H,6-9,14H2,1H3. The lowest BCUT2D eigenvalue weighted by atomic mass is 9.98. The Kier molecular flexibility index (Phi) is 3.80. The van der Waals surface area contributed by atoms with Gasteiger partial charge in [0, 0.05) is 30.8 Å². The van der Waals surface area contributed by atoms with Crippen LogP contribution in [0.25, 0.3) is 0 Å². The van der Waals surface area contributed by atoms with Crippen molar-refractivity contribution < 1.29 is 4.74 Å². The van der Waals surface area contributed by atoms with Gasteiger partial charge >= 0.3 is 0 Å². The van der Waals surface area contributed by atoms with Gasteiger partial charge in [-0.3, -0.25) is 0 Å². The molecule has 16 heavy (non-hydrogen) atoms. The highest BCUT2D eigenvalue weighted by Crippen LogP contribution is 2.21. The summed E-state index contributed by atoms with van der Waals surface area (Å²) in [6, 6.07) is 8.64. The van der Waals surface area contributed by atoms with Crippen molar-refractivity contribution in [1.29, 1.82) is 0 Å². The van der Waals surface area contributed by atoms with E-state index in [9.17, 15) is 0 Å². The summed E-state index contributed by atoms with van der Waals surface area (Å²) in [6.45, 7) is 4.47. The van der Waals surface area contributed by atoms with E-state index in [1.807, 2.05) is 6.07 Å². The van der Waals surface area contributed by atoms with Gasteiger partial charge in [0.05, 0.1) is 6.61 Å². The summed E-state index contributed by atoms with van der Waals surface area (Å²) in [5.41, 5.74) is 8.28. The fourth-order valence-electron chi connectivity index (χ4n) is 2.17. The molecule has 1 fully saturated rings. The second-order valence-corrected chi connectivity index (χ2v) is 4.43. The highest BCUT2D eigenvalue weighted by molar-refractivity contribution is 5.51. The van der Waals surface area contributed by atoms with Gasteiger partial charge in [0.25, 0.3) is 0 Å². The maximum absolute atomic E-state index is 5.83. The van der Waals surface area contributed by atoms with E-state index < -0.39 is 0 Å². The van der Waals surface area contributed by atoms with Crippen LogP contribution in [0.5, 0.6) is 0 Å². The fraction of sp³-hybridized carbons (Fsp3) is 0.538. The molecule has 3 N–H and O–H groups in total. The van der Waals surface area contributed by atoms with Crippen LogP contribution in [0.4, 0.5) is 5.69 Å². The first-order chi connectivity index (χ1) is 7.81. The molecule has 1 aromatic carbocycles. The molecule has 1 aliphatic rings. The molecule has 0 spiro atoms. The fourth-order valence-corrected chi connectivity index (χ4v) is 2.17. The molecule has 1 aliphatic heterocycles. The molecule has 3 heteroatoms. The highest BCUT2D eigenvalue weighted by atomic mass is 16.5. The van der Waals surface area contributed by atoms with Gasteiger partial charge in [-0.2, -0.15) is 0 Å². The SMILES string of the molecule is Cc1ccccc1NC(CN)C1CCOC1. The van der Waals surface area contributed by atoms with E-state index in [-0.39, 0.29) is 0 Å². The van der Waals surface area contributed by atoms with Gasteiger partial charge in [-0.15, -0.1) is 0 Å². The van der Waals surface area contributed by atoms with Gasteiger partial charge in [0.15, 0.2) is 0 Å². The van der Waals surface area contributed by atoms with Crippen molar-refractivity contribution in [3.05, 3.63) is 29.8 Å². The van der Waals surface area contributed by atoms with E-state index in [0.717, 1.165) is 19.6 Å². The van der Waals surface area contributed by atoms with Crippen LogP contribution < -0.4 is 11.1 Å². The topological polar surface area (TPSA) is 47.3 Å². The number of benzene rings is 1. The van der Waals surface area contributed by atoms with E-state index in [0.29, 0.717) is 18.5 Å². The van der Waals surface area contributed by atoms with Crippen LogP contribution in [0.2, 0.25) is 0 Å². The number of rotatable bonds is 4. The maximum atomic E-state index is 5.83. The van der Waals surface area contributed by atoms with Gasteiger partial charge in [0.2, 0.25) is 0 Å². The Morgan fingerprint density at radius 1 is 1.50 bits per heavy atom. The summed E-state index contributed by atoms with van der Waals surface area (Å²) in [7, 11) is 0. The molecule has 0 amide bonds. The van der Waals surface area contributed by atoms with Gasteiger partial charge in [-0.05, 0) is 25.0 Å². The Hall–Kier alpha value is -1.06. The number of hydrogen-bond donors (Lipinski definition) is 2. The van der Waals surface area contributed by atoms with Crippen molar-refractivity contribution in [2.45, 2.75) is 19.4 Å². The average molecular weight is 220 g/mol. The number of nitrogens with one attached hydrogen (secondary N) is 1. The van der Waals surface area contributed by atoms with Crippen LogP contribution in [0, 0.1) is 12.8 Å². The number of ether oxygens (including phenoxy) is 1. The molecule has 2 atom stereocenters. The van der Waals surface area contributed by atoms with Gasteiger partial charge in [-0.1, -0.05) is 18.2 Å². The largest absolute Gasteiger partial charge is 0.381 e. The molecule has 2 unspecified atom stereocenters. The van der Waals surface area contributed by atoms with Crippen molar-refractivity contribution in [2.75, 3.05) is 25.1 Å². The number of aryl methyl sites for hydroxylation is 1. The van der Waals surface area contributed by atoms with E-state index in [1.165, 1.54) is 11.3 Å². The van der Waals surface area contributed by atoms with Crippen LogP contribution in [0.15, 0.2) is 24.3 Å². The van der Waals surface area contributed by atoms with Crippen molar-refractivity contribution >= 4 is 5.69 Å². The highest BCUT2D eigenvalue weighted by Gasteiger charge is 2.24. The Morgan fingerprint density at radius 3 is 2.94 bits per heavy atom. The van der Waals surface area contributed by atoms with Crippen molar-refractivity contribution in [3.63, 3.8) is 0 Å². The summed E-state index contributed by atoms with van der Waals surface area (Å²) in [6.07, 6.45) is 1.11. The number of anilines is 1. The zero-order valence-electron chi connectivity index (χ0n) is 9.78. The molecule has 88 valence electrons. The quantitative estimate of drug-likeness (QED) is 0.813. The first-order valence-electron chi connectivity index (χ1n) is 5.91. The van der Waals surface area contributed by atoms with E-state index in [4.69, 9.17) is 10.5 Å². The summed E-state index contributed by atoms with van der Waals surface area (Å²) in [5.74, 6) is 0.546. The lowest BCUT2D eigenvalue weighted by Gasteiger charge is -2.24. The molecule has 0 aliphatic carbocycles. The Labute approximate surface area is 97.0 Å². The normalized spacial score (nSPS) is 22.0. The molecule has 1 aromatic rings. The second kappa shape index (κ2) is 5.32. The summed E-state index contributed by atoms with van der Waals surface area (Å²) < 4.78 is 5.41. The third-order valence-corrected chi connectivity index (χ3v) is 3.27. The molecule has 2 rings (SSSR count). The first-order valence-corrected chi connectivity index (χ1v) is 5.91. The summed E-state index contributed by atoms with van der Waals surface area (Å²) in [4.78, 5) is 0. The summed E-state index contributed by atoms with van der Waals surface area (Å²) in [5, 5.41) is 3.53. The molecule has 1 saturated heterocycles. The number of hydrogen-bond acceptors (Lipinski definition) is 3. The monoisotopic (exact) mass is 220 g/mol. The van der Waals surface area contributed by atoms with Gasteiger partial charge in [0.1, 0.15) is 0 Å². The predicted octanol–water partition coefficient (Wildman–Crippen LogP) is 1.77. The van der Waals surface area contributed by atoms with Gasteiger partial charge in [-0.25, -0.2) is 0 Å². The van der Waals surface area contributed by atoms with Crippen molar-refractivity contribution in [1.82, 2.24) is 0 Å². The molecule has 0 radical (unpaired) electrons. The van der Waals surface area contributed by atoms with E-state index in [2.05, 4.69) is 30.4 Å². The van der Waals surface area contributed by atoms with Gasteiger partial charge < -0.3 is 15.8 Å². The molecule has 0 saturated carbocycles. The molecule has 3 nitrogen and oxygen atoms in total. The van der Waals surface area contributed by atoms with Crippen LogP contribution in [0.1, 0.15) is 12.0 Å². The van der Waals surface area contributed by atoms with E-state index >= 15 is 0 Å². The molecule has 0 bridgehead atoms. The lowest BCUT2D eigenvalue weighted by Crippen LogP contribution is -2.36. The third kappa shape index (κ3) is 2.54.